The molecule has 0 saturated carbocycles. The molecule has 0 bridgehead atoms. The standard InChI is InChI=1S/C5H10NOP/c1-2-3-8-4-5(6)7/h2,8H,1,3-4H2,(H2,6,7). The molecule has 0 aromatic carbocycles. The molecule has 0 radical (unpaired) electrons. The molecule has 1 amide bonds. The average Bonchev–Trinajstić information content (AvgIpc) is 1.66. The number of hydrogen-bond acceptors (Lipinski definition) is 1. The number of nitrogens with two attached hydrogens (primary N) is 1. The predicted molar refractivity (Wildman–Crippen MR) is 37.4 cm³/mol. The first kappa shape index (κ1) is 7.64. The third kappa shape index (κ3) is 5.64. The highest BCUT2D eigenvalue weighted by molar-refractivity contribution is 7.39. The van der Waals surface area contributed by atoms with Crippen LogP contribution in [0.5, 0.6) is 0 Å². The van der Waals surface area contributed by atoms with Crippen molar-refractivity contribution in [1.29, 1.82) is 0 Å². The van der Waals surface area contributed by atoms with Crippen LogP contribution in [0.25, 0.3) is 0 Å². The Bertz CT molecular complexity index is 92.4. The van der Waals surface area contributed by atoms with Gasteiger partial charge in [0.1, 0.15) is 0 Å². The van der Waals surface area contributed by atoms with Crippen LogP contribution in [0.1, 0.15) is 0 Å². The maximum absolute atomic E-state index is 10.1. The van der Waals surface area contributed by atoms with Gasteiger partial charge in [-0.05, 0) is 6.16 Å². The van der Waals surface area contributed by atoms with E-state index >= 15 is 0 Å². The van der Waals surface area contributed by atoms with E-state index < -0.39 is 0 Å². The van der Waals surface area contributed by atoms with Gasteiger partial charge in [-0.1, -0.05) is 6.08 Å². The molecule has 1 atom stereocenters. The summed E-state index contributed by atoms with van der Waals surface area (Å²) in [5.41, 5.74) is 4.87. The molecule has 0 spiro atoms. The highest BCUT2D eigenvalue weighted by Crippen LogP contribution is 2.06. The van der Waals surface area contributed by atoms with Crippen molar-refractivity contribution < 1.29 is 4.79 Å². The van der Waals surface area contributed by atoms with Crippen molar-refractivity contribution in [1.82, 2.24) is 0 Å². The molecule has 3 heteroatoms. The Balaban J connectivity index is 2.93. The topological polar surface area (TPSA) is 43.1 Å². The fraction of sp³-hybridized carbons (Fsp3) is 0.400. The van der Waals surface area contributed by atoms with Gasteiger partial charge in [0.15, 0.2) is 0 Å². The second-order valence-electron chi connectivity index (χ2n) is 1.39. The third-order valence-corrected chi connectivity index (χ3v) is 1.76. The van der Waals surface area contributed by atoms with Crippen molar-refractivity contribution in [2.24, 2.45) is 5.73 Å². The van der Waals surface area contributed by atoms with E-state index in [2.05, 4.69) is 6.58 Å². The van der Waals surface area contributed by atoms with E-state index in [4.69, 9.17) is 5.73 Å². The molecule has 0 saturated heterocycles. The number of primary amides is 1. The first-order valence-electron chi connectivity index (χ1n) is 2.37. The molecule has 0 aliphatic rings. The quantitative estimate of drug-likeness (QED) is 0.333. The maximum atomic E-state index is 10.1. The van der Waals surface area contributed by atoms with Crippen LogP contribution in [-0.2, 0) is 4.79 Å². The number of carbonyl (C=O) groups is 1. The zero-order chi connectivity index (χ0) is 6.41. The minimum Gasteiger partial charge on any atom is -0.369 e. The lowest BCUT2D eigenvalue weighted by atomic mass is 10.8. The third-order valence-electron chi connectivity index (χ3n) is 0.588. The van der Waals surface area contributed by atoms with E-state index in [1.54, 1.807) is 6.08 Å². The summed E-state index contributed by atoms with van der Waals surface area (Å²) < 4.78 is 0. The number of amides is 1. The molecule has 0 aliphatic heterocycles. The van der Waals surface area contributed by atoms with Crippen LogP contribution in [-0.4, -0.2) is 18.2 Å². The Labute approximate surface area is 50.9 Å². The number of allylic oxidation sites excluding steroid dienone is 1. The molecular formula is C5H10NOP. The van der Waals surface area contributed by atoms with Crippen molar-refractivity contribution in [3.8, 4) is 0 Å². The molecule has 0 aliphatic carbocycles. The number of carbonyl (C=O) groups excluding carboxylic acids is 1. The predicted octanol–water partition coefficient (Wildman–Crippen LogP) is 0.336. The van der Waals surface area contributed by atoms with E-state index in [-0.39, 0.29) is 5.91 Å². The van der Waals surface area contributed by atoms with Gasteiger partial charge < -0.3 is 5.73 Å². The highest BCUT2D eigenvalue weighted by atomic mass is 31.1. The zero-order valence-corrected chi connectivity index (χ0v) is 5.68. The lowest BCUT2D eigenvalue weighted by molar-refractivity contribution is -0.115. The summed E-state index contributed by atoms with van der Waals surface area (Å²) in [7, 11) is 0.620. The largest absolute Gasteiger partial charge is 0.369 e. The normalized spacial score (nSPS) is 10.0. The molecule has 1 unspecified atom stereocenters. The van der Waals surface area contributed by atoms with Gasteiger partial charge in [0.05, 0.1) is 0 Å². The summed E-state index contributed by atoms with van der Waals surface area (Å²) in [4.78, 5) is 10.1. The molecule has 0 aromatic heterocycles. The smallest absolute Gasteiger partial charge is 0.221 e. The van der Waals surface area contributed by atoms with E-state index in [9.17, 15) is 4.79 Å². The van der Waals surface area contributed by atoms with Crippen LogP contribution in [0.3, 0.4) is 0 Å². The summed E-state index contributed by atoms with van der Waals surface area (Å²) in [5, 5.41) is 0. The number of hydrogen-bond donors (Lipinski definition) is 1. The molecule has 0 fully saturated rings. The van der Waals surface area contributed by atoms with Gasteiger partial charge in [0, 0.05) is 6.16 Å². The van der Waals surface area contributed by atoms with Crippen molar-refractivity contribution in [3.63, 3.8) is 0 Å². The van der Waals surface area contributed by atoms with Crippen LogP contribution in [0, 0.1) is 0 Å². The van der Waals surface area contributed by atoms with E-state index in [0.29, 0.717) is 14.7 Å². The van der Waals surface area contributed by atoms with Gasteiger partial charge in [-0.25, -0.2) is 0 Å². The van der Waals surface area contributed by atoms with E-state index in [0.717, 1.165) is 6.16 Å². The fourth-order valence-corrected chi connectivity index (χ4v) is 0.892. The van der Waals surface area contributed by atoms with Crippen molar-refractivity contribution in [2.75, 3.05) is 12.3 Å². The van der Waals surface area contributed by atoms with Crippen LogP contribution >= 0.6 is 8.58 Å². The molecular weight excluding hydrogens is 121 g/mol. The summed E-state index contributed by atoms with van der Waals surface area (Å²) in [6.07, 6.45) is 3.20. The van der Waals surface area contributed by atoms with Gasteiger partial charge in [-0.3, -0.25) is 4.79 Å². The van der Waals surface area contributed by atoms with Gasteiger partial charge in [0.25, 0.3) is 0 Å². The Morgan fingerprint density at radius 2 is 2.50 bits per heavy atom. The molecule has 2 N–H and O–H groups in total. The monoisotopic (exact) mass is 131 g/mol. The first-order valence-corrected chi connectivity index (χ1v) is 3.78. The van der Waals surface area contributed by atoms with Crippen molar-refractivity contribution in [2.45, 2.75) is 0 Å². The average molecular weight is 131 g/mol. The summed E-state index contributed by atoms with van der Waals surface area (Å²) in [6.45, 7) is 3.51. The molecule has 0 aromatic rings. The summed E-state index contributed by atoms with van der Waals surface area (Å²) in [6, 6.07) is 0. The minimum atomic E-state index is -0.217. The van der Waals surface area contributed by atoms with E-state index in [1.807, 2.05) is 0 Å². The molecule has 8 heavy (non-hydrogen) atoms. The van der Waals surface area contributed by atoms with Crippen LogP contribution in [0.15, 0.2) is 12.7 Å². The second kappa shape index (κ2) is 4.79. The van der Waals surface area contributed by atoms with Gasteiger partial charge >= 0.3 is 0 Å². The first-order chi connectivity index (χ1) is 3.77. The minimum absolute atomic E-state index is 0.217. The van der Waals surface area contributed by atoms with Crippen molar-refractivity contribution in [3.05, 3.63) is 12.7 Å². The molecule has 0 rings (SSSR count). The van der Waals surface area contributed by atoms with Crippen LogP contribution in [0.4, 0.5) is 0 Å². The lowest BCUT2D eigenvalue weighted by Gasteiger charge is -1.89. The molecule has 2 nitrogen and oxygen atoms in total. The fourth-order valence-electron chi connectivity index (χ4n) is 0.297. The van der Waals surface area contributed by atoms with Gasteiger partial charge in [0.2, 0.25) is 5.91 Å². The summed E-state index contributed by atoms with van der Waals surface area (Å²) in [5.74, 6) is -0.217. The summed E-state index contributed by atoms with van der Waals surface area (Å²) >= 11 is 0. The Morgan fingerprint density at radius 3 is 2.88 bits per heavy atom. The van der Waals surface area contributed by atoms with Crippen LogP contribution in [0.2, 0.25) is 0 Å². The highest BCUT2D eigenvalue weighted by Gasteiger charge is 1.88. The van der Waals surface area contributed by atoms with Gasteiger partial charge in [-0.2, -0.15) is 0 Å². The zero-order valence-electron chi connectivity index (χ0n) is 4.68. The second-order valence-corrected chi connectivity index (χ2v) is 2.65. The van der Waals surface area contributed by atoms with Crippen LogP contribution < -0.4 is 5.73 Å². The Morgan fingerprint density at radius 1 is 1.88 bits per heavy atom. The molecule has 0 heterocycles. The lowest BCUT2D eigenvalue weighted by Crippen LogP contribution is -2.12. The number of rotatable bonds is 4. The van der Waals surface area contributed by atoms with Gasteiger partial charge in [-0.15, -0.1) is 15.2 Å². The molecule has 46 valence electrons. The van der Waals surface area contributed by atoms with E-state index in [1.165, 1.54) is 0 Å². The van der Waals surface area contributed by atoms with Crippen molar-refractivity contribution >= 4 is 14.5 Å². The maximum Gasteiger partial charge on any atom is 0.221 e. The Hall–Kier alpha value is -0.360. The Kier molecular flexibility index (Phi) is 4.58. The SMILES string of the molecule is C=CCPCC(N)=O.